The molecule has 0 aliphatic rings. The average molecular weight is 328 g/mol. The maximum atomic E-state index is 2.08. The standard InChI is InChI=1S/2C7H8.3ClH.2H3N/c2*1-7-5-3-2-4-6-7;;;;;/h2*2-6H,1H3;3*1H;2*1H3. The van der Waals surface area contributed by atoms with Crippen molar-refractivity contribution in [1.82, 2.24) is 12.3 Å². The molecule has 5 heteroatoms. The van der Waals surface area contributed by atoms with Crippen LogP contribution in [0.4, 0.5) is 0 Å². The second-order valence-corrected chi connectivity index (χ2v) is 3.31. The van der Waals surface area contributed by atoms with Gasteiger partial charge in [-0.25, -0.2) is 0 Å². The van der Waals surface area contributed by atoms with Gasteiger partial charge in [0.1, 0.15) is 0 Å². The fourth-order valence-corrected chi connectivity index (χ4v) is 1.07. The molecule has 6 N–H and O–H groups in total. The van der Waals surface area contributed by atoms with Gasteiger partial charge in [0, 0.05) is 0 Å². The molecule has 2 aromatic rings. The Balaban J connectivity index is -0.0000000544. The molecule has 0 saturated heterocycles. The first-order chi connectivity index (χ1) is 6.79. The summed E-state index contributed by atoms with van der Waals surface area (Å²) in [5.74, 6) is 0. The van der Waals surface area contributed by atoms with Crippen molar-refractivity contribution in [3.8, 4) is 0 Å². The van der Waals surface area contributed by atoms with Gasteiger partial charge in [0.05, 0.1) is 0 Å². The van der Waals surface area contributed by atoms with Crippen LogP contribution in [0.2, 0.25) is 0 Å². The highest BCUT2D eigenvalue weighted by Crippen LogP contribution is 1.92. The lowest BCUT2D eigenvalue weighted by Gasteiger charge is -1.82. The Morgan fingerprint density at radius 3 is 0.789 bits per heavy atom. The largest absolute Gasteiger partial charge is 0.344 e. The molecular weight excluding hydrogens is 303 g/mol. The molecule has 2 rings (SSSR count). The Morgan fingerprint density at radius 2 is 0.684 bits per heavy atom. The van der Waals surface area contributed by atoms with Crippen LogP contribution in [-0.2, 0) is 0 Å². The molecule has 2 nitrogen and oxygen atoms in total. The lowest BCUT2D eigenvalue weighted by molar-refractivity contribution is 1.48. The Bertz CT molecular complexity index is 318. The molecule has 0 radical (unpaired) electrons. The van der Waals surface area contributed by atoms with Gasteiger partial charge in [0.15, 0.2) is 0 Å². The molecule has 0 aliphatic heterocycles. The Morgan fingerprint density at radius 1 is 0.474 bits per heavy atom. The molecule has 0 bridgehead atoms. The van der Waals surface area contributed by atoms with Crippen molar-refractivity contribution in [2.45, 2.75) is 13.8 Å². The highest BCUT2D eigenvalue weighted by atomic mass is 35.5. The molecule has 112 valence electrons. The molecule has 0 unspecified atom stereocenters. The van der Waals surface area contributed by atoms with Gasteiger partial charge in [0.25, 0.3) is 0 Å². The van der Waals surface area contributed by atoms with E-state index in [-0.39, 0.29) is 49.5 Å². The summed E-state index contributed by atoms with van der Waals surface area (Å²) in [4.78, 5) is 0. The third-order valence-electron chi connectivity index (χ3n) is 1.88. The van der Waals surface area contributed by atoms with Crippen LogP contribution >= 0.6 is 37.2 Å². The SMILES string of the molecule is Cc1ccccc1.Cc1ccccc1.Cl.Cl.Cl.N.N. The van der Waals surface area contributed by atoms with Crippen molar-refractivity contribution in [1.29, 1.82) is 0 Å². The van der Waals surface area contributed by atoms with E-state index in [0.29, 0.717) is 0 Å². The van der Waals surface area contributed by atoms with E-state index in [4.69, 9.17) is 0 Å². The minimum atomic E-state index is 0. The van der Waals surface area contributed by atoms with Crippen molar-refractivity contribution in [2.24, 2.45) is 0 Å². The zero-order valence-electron chi connectivity index (χ0n) is 11.4. The monoisotopic (exact) mass is 326 g/mol. The lowest BCUT2D eigenvalue weighted by atomic mass is 10.2. The fraction of sp³-hybridized carbons (Fsp3) is 0.143. The van der Waals surface area contributed by atoms with Gasteiger partial charge in [-0.2, -0.15) is 0 Å². The van der Waals surface area contributed by atoms with Gasteiger partial charge in [-0.3, -0.25) is 0 Å². The molecule has 2 aromatic carbocycles. The van der Waals surface area contributed by atoms with E-state index in [1.807, 2.05) is 36.4 Å². The van der Waals surface area contributed by atoms with E-state index < -0.39 is 0 Å². The van der Waals surface area contributed by atoms with Gasteiger partial charge in [-0.1, -0.05) is 71.8 Å². The summed E-state index contributed by atoms with van der Waals surface area (Å²) in [6.45, 7) is 4.17. The van der Waals surface area contributed by atoms with Crippen molar-refractivity contribution < 1.29 is 0 Å². The first-order valence-corrected chi connectivity index (χ1v) is 4.82. The first kappa shape index (κ1) is 30.9. The van der Waals surface area contributed by atoms with Gasteiger partial charge in [-0.05, 0) is 13.8 Å². The van der Waals surface area contributed by atoms with Crippen LogP contribution < -0.4 is 12.3 Å². The molecule has 0 amide bonds. The van der Waals surface area contributed by atoms with Gasteiger partial charge in [0.2, 0.25) is 0 Å². The number of hydrogen-bond donors (Lipinski definition) is 2. The van der Waals surface area contributed by atoms with Crippen molar-refractivity contribution >= 4 is 37.2 Å². The van der Waals surface area contributed by atoms with Crippen LogP contribution in [0.25, 0.3) is 0 Å². The zero-order valence-corrected chi connectivity index (χ0v) is 13.9. The highest BCUT2D eigenvalue weighted by Gasteiger charge is 1.72. The van der Waals surface area contributed by atoms with E-state index in [1.54, 1.807) is 0 Å². The molecule has 0 spiro atoms. The van der Waals surface area contributed by atoms with E-state index in [9.17, 15) is 0 Å². The zero-order chi connectivity index (χ0) is 10.2. The van der Waals surface area contributed by atoms with Gasteiger partial charge < -0.3 is 12.3 Å². The number of rotatable bonds is 0. The van der Waals surface area contributed by atoms with Gasteiger partial charge >= 0.3 is 0 Å². The van der Waals surface area contributed by atoms with E-state index in [2.05, 4.69) is 38.1 Å². The molecule has 19 heavy (non-hydrogen) atoms. The summed E-state index contributed by atoms with van der Waals surface area (Å²) in [5.41, 5.74) is 2.64. The van der Waals surface area contributed by atoms with Gasteiger partial charge in [-0.15, -0.1) is 37.2 Å². The van der Waals surface area contributed by atoms with Crippen LogP contribution in [0.3, 0.4) is 0 Å². The second kappa shape index (κ2) is 19.6. The van der Waals surface area contributed by atoms with E-state index >= 15 is 0 Å². The van der Waals surface area contributed by atoms with E-state index in [0.717, 1.165) is 0 Å². The lowest BCUT2D eigenvalue weighted by Crippen LogP contribution is -1.62. The summed E-state index contributed by atoms with van der Waals surface area (Å²) < 4.78 is 0. The number of benzene rings is 2. The number of aryl methyl sites for hydroxylation is 2. The topological polar surface area (TPSA) is 70.0 Å². The van der Waals surface area contributed by atoms with Crippen molar-refractivity contribution in [2.75, 3.05) is 0 Å². The fourth-order valence-electron chi connectivity index (χ4n) is 1.07. The molecule has 0 saturated carbocycles. The minimum absolute atomic E-state index is 0. The Hall–Kier alpha value is -0.770. The normalized spacial score (nSPS) is 6.42. The van der Waals surface area contributed by atoms with Crippen LogP contribution in [0, 0.1) is 13.8 Å². The number of hydrogen-bond acceptors (Lipinski definition) is 2. The molecule has 0 fully saturated rings. The summed E-state index contributed by atoms with van der Waals surface area (Å²) in [6.07, 6.45) is 0. The third kappa shape index (κ3) is 17.2. The quantitative estimate of drug-likeness (QED) is 0.663. The summed E-state index contributed by atoms with van der Waals surface area (Å²) in [7, 11) is 0. The maximum absolute atomic E-state index is 2.08. The van der Waals surface area contributed by atoms with Crippen LogP contribution in [-0.4, -0.2) is 0 Å². The van der Waals surface area contributed by atoms with Crippen LogP contribution in [0.15, 0.2) is 60.7 Å². The maximum Gasteiger partial charge on any atom is -0.0398 e. The molecule has 0 aromatic heterocycles. The molecule has 0 atom stereocenters. The van der Waals surface area contributed by atoms with Crippen molar-refractivity contribution in [3.05, 3.63) is 71.8 Å². The third-order valence-corrected chi connectivity index (χ3v) is 1.88. The van der Waals surface area contributed by atoms with Crippen LogP contribution in [0.5, 0.6) is 0 Å². The van der Waals surface area contributed by atoms with Crippen molar-refractivity contribution in [3.63, 3.8) is 0 Å². The molecule has 0 aliphatic carbocycles. The Labute approximate surface area is 135 Å². The van der Waals surface area contributed by atoms with E-state index in [1.165, 1.54) is 11.1 Å². The average Bonchev–Trinajstić information content (AvgIpc) is 2.21. The highest BCUT2D eigenvalue weighted by molar-refractivity contribution is 5.86. The predicted octanol–water partition coefficient (Wildman–Crippen LogP) is 5.58. The first-order valence-electron chi connectivity index (χ1n) is 4.82. The summed E-state index contributed by atoms with van der Waals surface area (Å²) in [6, 6.07) is 20.5. The summed E-state index contributed by atoms with van der Waals surface area (Å²) in [5, 5.41) is 0. The Kier molecular flexibility index (Phi) is 31.8. The number of halogens is 3. The molecule has 0 heterocycles. The minimum Gasteiger partial charge on any atom is -0.344 e. The predicted molar refractivity (Wildman–Crippen MR) is 94.1 cm³/mol. The molecular formula is C14H25Cl3N2. The second-order valence-electron chi connectivity index (χ2n) is 3.31. The summed E-state index contributed by atoms with van der Waals surface area (Å²) >= 11 is 0. The van der Waals surface area contributed by atoms with Crippen LogP contribution in [0.1, 0.15) is 11.1 Å². The smallest absolute Gasteiger partial charge is 0.0398 e.